The molecule has 2 aromatic carbocycles. The number of thioether (sulfide) groups is 1. The molecular formula is C21H14ClF3N6OS. The zero-order chi connectivity index (χ0) is 23.5. The number of carbonyl (C=O) groups excluding carboxylic acids is 1. The van der Waals surface area contributed by atoms with Gasteiger partial charge in [0.15, 0.2) is 28.3 Å². The van der Waals surface area contributed by atoms with Crippen molar-refractivity contribution in [3.05, 3.63) is 88.2 Å². The Labute approximate surface area is 195 Å². The summed E-state index contributed by atoms with van der Waals surface area (Å²) in [4.78, 5) is 21.1. The van der Waals surface area contributed by atoms with Gasteiger partial charge in [0.05, 0.1) is 17.1 Å². The fraction of sp³-hybridized carbons (Fsp3) is 0.0952. The predicted molar refractivity (Wildman–Crippen MR) is 117 cm³/mol. The standard InChI is InChI=1S/C21H14ClF3N6OS/c1-11-3-4-12(9-13(11)22)31-16(10-33-21-26-7-2-8-27-21)19(29-30-31)20(32)28-15-6-5-14(23)17(24)18(15)25/h2-9H,10H2,1H3,(H,28,32). The molecule has 0 fully saturated rings. The van der Waals surface area contributed by atoms with E-state index < -0.39 is 29.0 Å². The number of rotatable bonds is 6. The predicted octanol–water partition coefficient (Wildman–Crippen LogP) is 4.98. The molecule has 1 amide bonds. The number of aromatic nitrogens is 5. The molecular weight excluding hydrogens is 477 g/mol. The van der Waals surface area contributed by atoms with Crippen molar-refractivity contribution in [2.45, 2.75) is 17.8 Å². The van der Waals surface area contributed by atoms with Gasteiger partial charge in [-0.3, -0.25) is 4.79 Å². The van der Waals surface area contributed by atoms with Gasteiger partial charge in [-0.25, -0.2) is 27.8 Å². The average Bonchev–Trinajstić information content (AvgIpc) is 3.24. The smallest absolute Gasteiger partial charge is 0.278 e. The zero-order valence-corrected chi connectivity index (χ0v) is 18.5. The van der Waals surface area contributed by atoms with Crippen LogP contribution in [-0.2, 0) is 5.75 Å². The normalized spacial score (nSPS) is 10.9. The first-order valence-electron chi connectivity index (χ1n) is 9.41. The van der Waals surface area contributed by atoms with Crippen molar-refractivity contribution in [3.63, 3.8) is 0 Å². The second-order valence-electron chi connectivity index (χ2n) is 6.73. The molecule has 0 saturated carbocycles. The Kier molecular flexibility index (Phi) is 6.61. The third-order valence-electron chi connectivity index (χ3n) is 4.54. The molecule has 4 aromatic rings. The summed E-state index contributed by atoms with van der Waals surface area (Å²) in [5.74, 6) is -5.26. The van der Waals surface area contributed by atoms with Gasteiger partial charge in [-0.2, -0.15) is 0 Å². The van der Waals surface area contributed by atoms with E-state index in [9.17, 15) is 18.0 Å². The van der Waals surface area contributed by atoms with Gasteiger partial charge in [0.2, 0.25) is 0 Å². The lowest BCUT2D eigenvalue weighted by Crippen LogP contribution is -2.17. The number of halogens is 4. The molecule has 0 unspecified atom stereocenters. The lowest BCUT2D eigenvalue weighted by atomic mass is 10.2. The Morgan fingerprint density at radius 2 is 1.88 bits per heavy atom. The fourth-order valence-corrected chi connectivity index (χ4v) is 3.80. The number of nitrogens with zero attached hydrogens (tertiary/aromatic N) is 5. The molecule has 0 saturated heterocycles. The van der Waals surface area contributed by atoms with Crippen molar-refractivity contribution >= 4 is 35.0 Å². The number of aryl methyl sites for hydroxylation is 1. The second-order valence-corrected chi connectivity index (χ2v) is 8.08. The number of hydrogen-bond donors (Lipinski definition) is 1. The summed E-state index contributed by atoms with van der Waals surface area (Å²) in [5, 5.41) is 11.1. The first-order chi connectivity index (χ1) is 15.8. The molecule has 2 aromatic heterocycles. The minimum atomic E-state index is -1.69. The Hall–Kier alpha value is -3.44. The van der Waals surface area contributed by atoms with Gasteiger partial charge in [-0.15, -0.1) is 5.10 Å². The van der Waals surface area contributed by atoms with Crippen LogP contribution in [0.1, 0.15) is 21.7 Å². The van der Waals surface area contributed by atoms with Gasteiger partial charge in [-0.05, 0) is 42.8 Å². The number of benzene rings is 2. The molecule has 0 aliphatic rings. The van der Waals surface area contributed by atoms with Gasteiger partial charge in [-0.1, -0.05) is 34.6 Å². The van der Waals surface area contributed by atoms with Crippen LogP contribution in [0.4, 0.5) is 18.9 Å². The number of amides is 1. The molecule has 0 atom stereocenters. The van der Waals surface area contributed by atoms with Crippen molar-refractivity contribution in [1.29, 1.82) is 0 Å². The van der Waals surface area contributed by atoms with Crippen LogP contribution in [0, 0.1) is 24.4 Å². The van der Waals surface area contributed by atoms with Gasteiger partial charge in [0.25, 0.3) is 5.91 Å². The molecule has 168 valence electrons. The van der Waals surface area contributed by atoms with E-state index in [4.69, 9.17) is 11.6 Å². The van der Waals surface area contributed by atoms with Crippen LogP contribution in [-0.4, -0.2) is 30.9 Å². The van der Waals surface area contributed by atoms with E-state index in [0.29, 0.717) is 27.6 Å². The summed E-state index contributed by atoms with van der Waals surface area (Å²) in [6.45, 7) is 1.84. The third kappa shape index (κ3) is 4.83. The van der Waals surface area contributed by atoms with Crippen molar-refractivity contribution in [3.8, 4) is 5.69 Å². The summed E-state index contributed by atoms with van der Waals surface area (Å²) >= 11 is 7.46. The van der Waals surface area contributed by atoms with Crippen LogP contribution in [0.2, 0.25) is 5.02 Å². The van der Waals surface area contributed by atoms with Crippen LogP contribution in [0.25, 0.3) is 5.69 Å². The summed E-state index contributed by atoms with van der Waals surface area (Å²) in [6, 6.07) is 8.49. The van der Waals surface area contributed by atoms with E-state index in [1.54, 1.807) is 36.7 Å². The number of nitrogens with one attached hydrogen (secondary N) is 1. The van der Waals surface area contributed by atoms with Crippen molar-refractivity contribution in [1.82, 2.24) is 25.0 Å². The maximum absolute atomic E-state index is 14.1. The molecule has 4 rings (SSSR count). The maximum Gasteiger partial charge on any atom is 0.278 e. The SMILES string of the molecule is Cc1ccc(-n2nnc(C(=O)Nc3ccc(F)c(F)c3F)c2CSc2ncccn2)cc1Cl. The van der Waals surface area contributed by atoms with E-state index in [1.807, 2.05) is 6.92 Å². The summed E-state index contributed by atoms with van der Waals surface area (Å²) in [6.07, 6.45) is 3.15. The summed E-state index contributed by atoms with van der Waals surface area (Å²) in [5.41, 5.74) is 1.06. The summed E-state index contributed by atoms with van der Waals surface area (Å²) in [7, 11) is 0. The lowest BCUT2D eigenvalue weighted by molar-refractivity contribution is 0.102. The third-order valence-corrected chi connectivity index (χ3v) is 5.84. The summed E-state index contributed by atoms with van der Waals surface area (Å²) < 4.78 is 42.3. The fourth-order valence-electron chi connectivity index (χ4n) is 2.83. The molecule has 1 N–H and O–H groups in total. The molecule has 12 heteroatoms. The molecule has 0 bridgehead atoms. The molecule has 7 nitrogen and oxygen atoms in total. The van der Waals surface area contributed by atoms with Crippen molar-refractivity contribution in [2.24, 2.45) is 0 Å². The van der Waals surface area contributed by atoms with E-state index in [1.165, 1.54) is 16.4 Å². The first kappa shape index (κ1) is 22.7. The van der Waals surface area contributed by atoms with E-state index in [0.717, 1.165) is 11.6 Å². The molecule has 0 aliphatic carbocycles. The largest absolute Gasteiger partial charge is 0.318 e. The van der Waals surface area contributed by atoms with Crippen molar-refractivity contribution < 1.29 is 18.0 Å². The minimum Gasteiger partial charge on any atom is -0.318 e. The molecule has 2 heterocycles. The Morgan fingerprint density at radius 1 is 1.12 bits per heavy atom. The van der Waals surface area contributed by atoms with Gasteiger partial charge < -0.3 is 5.32 Å². The van der Waals surface area contributed by atoms with Gasteiger partial charge >= 0.3 is 0 Å². The highest BCUT2D eigenvalue weighted by molar-refractivity contribution is 7.98. The average molecular weight is 491 g/mol. The Morgan fingerprint density at radius 3 is 2.61 bits per heavy atom. The monoisotopic (exact) mass is 490 g/mol. The highest BCUT2D eigenvalue weighted by atomic mass is 35.5. The minimum absolute atomic E-state index is 0.140. The van der Waals surface area contributed by atoms with Gasteiger partial charge in [0, 0.05) is 23.2 Å². The van der Waals surface area contributed by atoms with Crippen LogP contribution in [0.3, 0.4) is 0 Å². The second kappa shape index (κ2) is 9.59. The molecule has 0 radical (unpaired) electrons. The Bertz CT molecular complexity index is 1340. The van der Waals surface area contributed by atoms with E-state index in [2.05, 4.69) is 25.6 Å². The van der Waals surface area contributed by atoms with Gasteiger partial charge in [0.1, 0.15) is 0 Å². The number of carbonyl (C=O) groups is 1. The van der Waals surface area contributed by atoms with Crippen LogP contribution >= 0.6 is 23.4 Å². The number of anilines is 1. The lowest BCUT2D eigenvalue weighted by Gasteiger charge is -2.10. The molecule has 0 aliphatic heterocycles. The van der Waals surface area contributed by atoms with Crippen LogP contribution in [0.15, 0.2) is 53.9 Å². The highest BCUT2D eigenvalue weighted by Crippen LogP contribution is 2.26. The quantitative estimate of drug-likeness (QED) is 0.233. The van der Waals surface area contributed by atoms with Crippen molar-refractivity contribution in [2.75, 3.05) is 5.32 Å². The number of hydrogen-bond acceptors (Lipinski definition) is 6. The van der Waals surface area contributed by atoms with Crippen LogP contribution < -0.4 is 5.32 Å². The van der Waals surface area contributed by atoms with E-state index >= 15 is 0 Å². The first-order valence-corrected chi connectivity index (χ1v) is 10.8. The molecule has 0 spiro atoms. The zero-order valence-electron chi connectivity index (χ0n) is 16.9. The maximum atomic E-state index is 14.1. The Balaban J connectivity index is 1.70. The topological polar surface area (TPSA) is 85.6 Å². The molecule has 33 heavy (non-hydrogen) atoms. The highest BCUT2D eigenvalue weighted by Gasteiger charge is 2.24. The van der Waals surface area contributed by atoms with Crippen LogP contribution in [0.5, 0.6) is 0 Å². The van der Waals surface area contributed by atoms with E-state index in [-0.39, 0.29) is 11.4 Å².